The summed E-state index contributed by atoms with van der Waals surface area (Å²) >= 11 is 5.52. The number of halogens is 1. The maximum absolute atomic E-state index is 10.2. The zero-order valence-electron chi connectivity index (χ0n) is 5.34. The molecule has 52 valence electrons. The molecule has 1 heterocycles. The average Bonchev–Trinajstić information content (AvgIpc) is 1.85. The smallest absolute Gasteiger partial charge is 0.168 e. The predicted molar refractivity (Wildman–Crippen MR) is 37.2 cm³/mol. The molecule has 0 atom stereocenters. The van der Waals surface area contributed by atoms with Crippen LogP contribution in [0.4, 0.5) is 0 Å². The van der Waals surface area contributed by atoms with E-state index in [2.05, 4.69) is 9.97 Å². The molecule has 0 N–H and O–H groups in total. The molecule has 0 spiro atoms. The third-order valence-corrected chi connectivity index (χ3v) is 1.14. The molecule has 0 radical (unpaired) electrons. The maximum Gasteiger partial charge on any atom is 0.168 e. The third-order valence-electron chi connectivity index (χ3n) is 0.947. The Morgan fingerprint density at radius 2 is 2.30 bits per heavy atom. The van der Waals surface area contributed by atoms with E-state index in [-0.39, 0.29) is 0 Å². The van der Waals surface area contributed by atoms with Gasteiger partial charge in [0.1, 0.15) is 16.7 Å². The van der Waals surface area contributed by atoms with Gasteiger partial charge in [0.15, 0.2) is 6.29 Å². The third kappa shape index (κ3) is 1.51. The first-order valence-electron chi connectivity index (χ1n) is 2.69. The fraction of sp³-hybridized carbons (Fsp3) is 0.167. The van der Waals surface area contributed by atoms with Gasteiger partial charge in [-0.2, -0.15) is 0 Å². The molecular formula is C6H5ClN2O. The van der Waals surface area contributed by atoms with Crippen molar-refractivity contribution >= 4 is 17.9 Å². The van der Waals surface area contributed by atoms with Gasteiger partial charge in [0.2, 0.25) is 0 Å². The maximum atomic E-state index is 10.2. The number of carbonyl (C=O) groups excluding carboxylic acids is 1. The molecule has 1 aromatic heterocycles. The lowest BCUT2D eigenvalue weighted by Gasteiger charge is -1.92. The van der Waals surface area contributed by atoms with Crippen LogP contribution in [0, 0.1) is 6.92 Å². The molecule has 0 aliphatic carbocycles. The van der Waals surface area contributed by atoms with Gasteiger partial charge in [-0.05, 0) is 6.92 Å². The quantitative estimate of drug-likeness (QED) is 0.454. The minimum Gasteiger partial charge on any atom is -0.296 e. The number of aldehydes is 1. The summed E-state index contributed by atoms with van der Waals surface area (Å²) in [6, 6.07) is 1.42. The van der Waals surface area contributed by atoms with Gasteiger partial charge in [0, 0.05) is 6.07 Å². The van der Waals surface area contributed by atoms with Gasteiger partial charge >= 0.3 is 0 Å². The summed E-state index contributed by atoms with van der Waals surface area (Å²) in [6.45, 7) is 1.68. The first-order chi connectivity index (χ1) is 4.72. The molecule has 3 nitrogen and oxygen atoms in total. The van der Waals surface area contributed by atoms with Crippen molar-refractivity contribution in [2.75, 3.05) is 0 Å². The van der Waals surface area contributed by atoms with E-state index in [0.717, 1.165) is 0 Å². The van der Waals surface area contributed by atoms with E-state index in [9.17, 15) is 4.79 Å². The van der Waals surface area contributed by atoms with Crippen molar-refractivity contribution in [2.45, 2.75) is 6.92 Å². The highest BCUT2D eigenvalue weighted by molar-refractivity contribution is 6.29. The van der Waals surface area contributed by atoms with E-state index in [1.807, 2.05) is 0 Å². The van der Waals surface area contributed by atoms with E-state index >= 15 is 0 Å². The number of aromatic nitrogens is 2. The molecule has 0 saturated heterocycles. The van der Waals surface area contributed by atoms with Crippen molar-refractivity contribution in [2.24, 2.45) is 0 Å². The monoisotopic (exact) mass is 156 g/mol. The second kappa shape index (κ2) is 2.75. The Morgan fingerprint density at radius 3 is 2.80 bits per heavy atom. The van der Waals surface area contributed by atoms with Crippen molar-refractivity contribution in [1.29, 1.82) is 0 Å². The molecule has 0 saturated carbocycles. The van der Waals surface area contributed by atoms with Crippen LogP contribution in [0.15, 0.2) is 6.07 Å². The fourth-order valence-electron chi connectivity index (χ4n) is 0.613. The van der Waals surface area contributed by atoms with Crippen LogP contribution >= 0.6 is 11.6 Å². The molecule has 4 heteroatoms. The summed E-state index contributed by atoms with van der Waals surface area (Å²) in [4.78, 5) is 17.7. The summed E-state index contributed by atoms with van der Waals surface area (Å²) in [6.07, 6.45) is 0.639. The Kier molecular flexibility index (Phi) is 1.97. The van der Waals surface area contributed by atoms with Crippen LogP contribution in [-0.4, -0.2) is 16.3 Å². The van der Waals surface area contributed by atoms with E-state index < -0.39 is 0 Å². The van der Waals surface area contributed by atoms with Crippen LogP contribution in [0.5, 0.6) is 0 Å². The van der Waals surface area contributed by atoms with E-state index in [1.54, 1.807) is 6.92 Å². The zero-order valence-corrected chi connectivity index (χ0v) is 6.09. The molecular weight excluding hydrogens is 152 g/mol. The Morgan fingerprint density at radius 1 is 1.60 bits per heavy atom. The molecule has 0 amide bonds. The molecule has 0 unspecified atom stereocenters. The fourth-order valence-corrected chi connectivity index (χ4v) is 0.847. The van der Waals surface area contributed by atoms with Gasteiger partial charge in [-0.1, -0.05) is 11.6 Å². The van der Waals surface area contributed by atoms with Crippen molar-refractivity contribution in [1.82, 2.24) is 9.97 Å². The standard InChI is InChI=1S/C6H5ClN2O/c1-4-8-5(3-10)2-6(7)9-4/h2-3H,1H3. The Bertz CT molecular complexity index is 242. The highest BCUT2D eigenvalue weighted by Crippen LogP contribution is 2.04. The Balaban J connectivity index is 3.18. The van der Waals surface area contributed by atoms with Gasteiger partial charge in [0.05, 0.1) is 0 Å². The minimum atomic E-state index is 0.301. The van der Waals surface area contributed by atoms with Gasteiger partial charge in [-0.3, -0.25) is 4.79 Å². The first kappa shape index (κ1) is 7.15. The number of aryl methyl sites for hydroxylation is 1. The number of rotatable bonds is 1. The lowest BCUT2D eigenvalue weighted by molar-refractivity contribution is 0.111. The van der Waals surface area contributed by atoms with Crippen LogP contribution in [0.3, 0.4) is 0 Å². The summed E-state index contributed by atoms with van der Waals surface area (Å²) in [5.74, 6) is 0.509. The first-order valence-corrected chi connectivity index (χ1v) is 3.06. The van der Waals surface area contributed by atoms with Gasteiger partial charge in [0.25, 0.3) is 0 Å². The van der Waals surface area contributed by atoms with Gasteiger partial charge in [-0.25, -0.2) is 9.97 Å². The van der Waals surface area contributed by atoms with Gasteiger partial charge < -0.3 is 0 Å². The van der Waals surface area contributed by atoms with Crippen LogP contribution in [-0.2, 0) is 0 Å². The highest BCUT2D eigenvalue weighted by atomic mass is 35.5. The van der Waals surface area contributed by atoms with Crippen LogP contribution in [0.25, 0.3) is 0 Å². The van der Waals surface area contributed by atoms with Crippen LogP contribution < -0.4 is 0 Å². The van der Waals surface area contributed by atoms with Crippen molar-refractivity contribution in [3.05, 3.63) is 22.7 Å². The van der Waals surface area contributed by atoms with Gasteiger partial charge in [-0.15, -0.1) is 0 Å². The van der Waals surface area contributed by atoms with Crippen LogP contribution in [0.1, 0.15) is 16.3 Å². The van der Waals surface area contributed by atoms with E-state index in [4.69, 9.17) is 11.6 Å². The molecule has 10 heavy (non-hydrogen) atoms. The second-order valence-electron chi connectivity index (χ2n) is 1.78. The minimum absolute atomic E-state index is 0.301. The Labute approximate surface area is 63.1 Å². The second-order valence-corrected chi connectivity index (χ2v) is 2.17. The molecule has 0 aromatic carbocycles. The van der Waals surface area contributed by atoms with Crippen molar-refractivity contribution < 1.29 is 4.79 Å². The van der Waals surface area contributed by atoms with Crippen LogP contribution in [0.2, 0.25) is 5.15 Å². The molecule has 0 bridgehead atoms. The molecule has 1 aromatic rings. The largest absolute Gasteiger partial charge is 0.296 e. The number of hydrogen-bond donors (Lipinski definition) is 0. The summed E-state index contributed by atoms with van der Waals surface area (Å²) < 4.78 is 0. The zero-order chi connectivity index (χ0) is 7.56. The lowest BCUT2D eigenvalue weighted by Crippen LogP contribution is -1.93. The van der Waals surface area contributed by atoms with E-state index in [1.165, 1.54) is 6.07 Å². The molecule has 0 aliphatic rings. The number of carbonyl (C=O) groups is 1. The van der Waals surface area contributed by atoms with Crippen molar-refractivity contribution in [3.8, 4) is 0 Å². The summed E-state index contributed by atoms with van der Waals surface area (Å²) in [5.41, 5.74) is 0.317. The number of nitrogens with zero attached hydrogens (tertiary/aromatic N) is 2. The van der Waals surface area contributed by atoms with E-state index in [0.29, 0.717) is 23.0 Å². The highest BCUT2D eigenvalue weighted by Gasteiger charge is 1.96. The number of hydrogen-bond acceptors (Lipinski definition) is 3. The van der Waals surface area contributed by atoms with Crippen molar-refractivity contribution in [3.63, 3.8) is 0 Å². The molecule has 1 rings (SSSR count). The Hall–Kier alpha value is -0.960. The molecule has 0 fully saturated rings. The predicted octanol–water partition coefficient (Wildman–Crippen LogP) is 1.25. The summed E-state index contributed by atoms with van der Waals surface area (Å²) in [5, 5.41) is 0.301. The molecule has 0 aliphatic heterocycles. The lowest BCUT2D eigenvalue weighted by atomic mass is 10.4. The normalized spacial score (nSPS) is 9.40. The SMILES string of the molecule is Cc1nc(Cl)cc(C=O)n1. The summed E-state index contributed by atoms with van der Waals surface area (Å²) in [7, 11) is 0. The average molecular weight is 157 g/mol. The topological polar surface area (TPSA) is 42.9 Å².